The quantitative estimate of drug-likeness (QED) is 0.102. The van der Waals surface area contributed by atoms with Crippen molar-refractivity contribution in [3.63, 3.8) is 0 Å². The van der Waals surface area contributed by atoms with Gasteiger partial charge in [0, 0.05) is 27.6 Å². The van der Waals surface area contributed by atoms with Crippen LogP contribution in [-0.2, 0) is 0 Å². The molecule has 0 saturated carbocycles. The van der Waals surface area contributed by atoms with E-state index in [4.69, 9.17) is 19.9 Å². The van der Waals surface area contributed by atoms with Crippen LogP contribution in [0, 0.1) is 0 Å². The van der Waals surface area contributed by atoms with Gasteiger partial charge in [0.05, 0.1) is 11.2 Å². The second kappa shape index (κ2) is 26.5. The summed E-state index contributed by atoms with van der Waals surface area (Å²) in [6.45, 7) is 18.3. The Hall–Kier alpha value is -9.12. The van der Waals surface area contributed by atoms with E-state index in [1.165, 1.54) is 22.3 Å². The fourth-order valence-corrected chi connectivity index (χ4v) is 8.87. The van der Waals surface area contributed by atoms with Crippen LogP contribution in [0.5, 0.6) is 0 Å². The number of benzene rings is 6. The highest BCUT2D eigenvalue weighted by Crippen LogP contribution is 2.37. The molecule has 9 rings (SSSR count). The Bertz CT molecular complexity index is 3560. The van der Waals surface area contributed by atoms with E-state index >= 15 is 0 Å². The molecular weight excluding hydrogens is 909 g/mol. The highest BCUT2D eigenvalue weighted by atomic mass is 15.0. The number of hydrogen-bond donors (Lipinski definition) is 0. The van der Waals surface area contributed by atoms with Crippen molar-refractivity contribution >= 4 is 52.4 Å². The average Bonchev–Trinajstić information content (AvgIpc) is 3.72. The molecule has 0 aliphatic heterocycles. The van der Waals surface area contributed by atoms with Crippen LogP contribution in [0.3, 0.4) is 0 Å². The van der Waals surface area contributed by atoms with Crippen molar-refractivity contribution in [2.45, 2.75) is 48.5 Å². The minimum absolute atomic E-state index is 0. The van der Waals surface area contributed by atoms with Crippen LogP contribution >= 0.6 is 0 Å². The van der Waals surface area contributed by atoms with Gasteiger partial charge < -0.3 is 0 Å². The molecule has 370 valence electrons. The standard InChI is InChI=1S/C64H52N4.C6H10.CH4/c1-6-20-45(8-3)62-66-63(52-24-13-11-14-25-52)68-64(67-62)55-41-53(40-54(42-55)61-39-38-51-23-17-18-29-60(51)65-61)47(21-7-2)26-19-22-44-30-32-48(33-31-44)49-34-36-50(37-35-49)59-43-46(9-4)56(10-5)57-27-15-12-16-28-58(57)59;1-3-5-6-4-2;/h6-11,13-43H,4-5,12H2,1-3H3;3-6H,1-2H3;1H4/b20-6-,21-7-,22-19+,45-8+,47-26+;5-3-,6-4-;. The summed E-state index contributed by atoms with van der Waals surface area (Å²) in [7, 11) is 0. The van der Waals surface area contributed by atoms with Crippen LogP contribution < -0.4 is 0 Å². The first kappa shape index (κ1) is 53.7. The number of hydrogen-bond acceptors (Lipinski definition) is 4. The first-order chi connectivity index (χ1) is 36.4. The van der Waals surface area contributed by atoms with E-state index in [0.29, 0.717) is 17.5 Å². The molecule has 2 aromatic heterocycles. The molecule has 2 heterocycles. The van der Waals surface area contributed by atoms with Gasteiger partial charge in [0.25, 0.3) is 0 Å². The molecule has 0 amide bonds. The number of para-hydroxylation sites is 1. The lowest BCUT2D eigenvalue weighted by Gasteiger charge is -2.16. The molecule has 0 radical (unpaired) electrons. The van der Waals surface area contributed by atoms with E-state index in [1.807, 2.05) is 132 Å². The van der Waals surface area contributed by atoms with Gasteiger partial charge in [0.2, 0.25) is 0 Å². The van der Waals surface area contributed by atoms with Gasteiger partial charge in [-0.2, -0.15) is 0 Å². The Kier molecular flexibility index (Phi) is 19.0. The van der Waals surface area contributed by atoms with E-state index in [1.54, 1.807) is 0 Å². The average molecular weight is 975 g/mol. The summed E-state index contributed by atoms with van der Waals surface area (Å²) >= 11 is 0. The van der Waals surface area contributed by atoms with Crippen LogP contribution in [0.1, 0.15) is 87.7 Å². The summed E-state index contributed by atoms with van der Waals surface area (Å²) in [6.07, 6.45) is 38.3. The predicted octanol–water partition coefficient (Wildman–Crippen LogP) is 19.9. The molecule has 75 heavy (non-hydrogen) atoms. The normalized spacial score (nSPS) is 12.6. The summed E-state index contributed by atoms with van der Waals surface area (Å²) in [5.74, 6) is 1.81. The summed E-state index contributed by atoms with van der Waals surface area (Å²) in [6, 6.07) is 48.8. The molecule has 0 atom stereocenters. The minimum Gasteiger partial charge on any atom is -0.248 e. The van der Waals surface area contributed by atoms with Crippen LogP contribution in [0.2, 0.25) is 0 Å². The third kappa shape index (κ3) is 13.1. The lowest BCUT2D eigenvalue weighted by Crippen LogP contribution is -2.03. The van der Waals surface area contributed by atoms with E-state index in [2.05, 4.69) is 165 Å². The van der Waals surface area contributed by atoms with Gasteiger partial charge in [-0.15, -0.1) is 0 Å². The molecule has 0 unspecified atom stereocenters. The zero-order valence-electron chi connectivity index (χ0n) is 43.1. The molecule has 1 aliphatic carbocycles. The summed E-state index contributed by atoms with van der Waals surface area (Å²) in [5.41, 5.74) is 17.9. The number of rotatable bonds is 14. The van der Waals surface area contributed by atoms with Crippen molar-refractivity contribution in [3.8, 4) is 56.3 Å². The van der Waals surface area contributed by atoms with E-state index in [9.17, 15) is 0 Å². The molecule has 0 fully saturated rings. The van der Waals surface area contributed by atoms with Crippen LogP contribution in [0.15, 0.2) is 232 Å². The largest absolute Gasteiger partial charge is 0.248 e. The smallest absolute Gasteiger partial charge is 0.164 e. The van der Waals surface area contributed by atoms with Crippen molar-refractivity contribution < 1.29 is 0 Å². The molecule has 6 aromatic carbocycles. The van der Waals surface area contributed by atoms with Crippen molar-refractivity contribution in [1.82, 2.24) is 19.9 Å². The number of nitrogens with zero attached hydrogens (tertiary/aromatic N) is 4. The van der Waals surface area contributed by atoms with Crippen molar-refractivity contribution in [3.05, 3.63) is 271 Å². The highest BCUT2D eigenvalue weighted by molar-refractivity contribution is 5.90. The molecule has 1 aliphatic rings. The molecular formula is C71H66N4. The number of fused-ring (bicyclic) bond motifs is 2. The third-order valence-electron chi connectivity index (χ3n) is 12.6. The molecule has 4 nitrogen and oxygen atoms in total. The Balaban J connectivity index is 0.00000111. The van der Waals surface area contributed by atoms with Gasteiger partial charge in [-0.05, 0) is 139 Å². The van der Waals surface area contributed by atoms with E-state index in [0.717, 1.165) is 84.2 Å². The lowest BCUT2D eigenvalue weighted by atomic mass is 9.87. The molecule has 0 saturated heterocycles. The monoisotopic (exact) mass is 975 g/mol. The first-order valence-electron chi connectivity index (χ1n) is 25.3. The van der Waals surface area contributed by atoms with Crippen LogP contribution in [0.25, 0.3) is 109 Å². The fraction of sp³-hybridized carbons (Fsp3) is 0.0986. The van der Waals surface area contributed by atoms with Crippen LogP contribution in [-0.4, -0.2) is 19.9 Å². The van der Waals surface area contributed by atoms with Gasteiger partial charge in [0.1, 0.15) is 0 Å². The van der Waals surface area contributed by atoms with Crippen molar-refractivity contribution in [2.24, 2.45) is 0 Å². The van der Waals surface area contributed by atoms with Gasteiger partial charge in [0.15, 0.2) is 17.5 Å². The van der Waals surface area contributed by atoms with E-state index < -0.39 is 0 Å². The summed E-state index contributed by atoms with van der Waals surface area (Å²) < 4.78 is 0. The maximum Gasteiger partial charge on any atom is 0.164 e. The van der Waals surface area contributed by atoms with Gasteiger partial charge in [-0.3, -0.25) is 0 Å². The number of aromatic nitrogens is 4. The Morgan fingerprint density at radius 2 is 1.13 bits per heavy atom. The Labute approximate surface area is 445 Å². The predicted molar refractivity (Wildman–Crippen MR) is 328 cm³/mol. The molecule has 8 aromatic rings. The summed E-state index contributed by atoms with van der Waals surface area (Å²) in [5, 5.41) is 1.09. The van der Waals surface area contributed by atoms with Gasteiger partial charge in [-0.25, -0.2) is 19.9 Å². The van der Waals surface area contributed by atoms with E-state index in [-0.39, 0.29) is 7.43 Å². The fourth-order valence-electron chi connectivity index (χ4n) is 8.87. The van der Waals surface area contributed by atoms with Gasteiger partial charge >= 0.3 is 0 Å². The third-order valence-corrected chi connectivity index (χ3v) is 12.6. The Morgan fingerprint density at radius 3 is 1.80 bits per heavy atom. The topological polar surface area (TPSA) is 51.6 Å². The molecule has 4 heteroatoms. The SMILES string of the molecule is C.C/C=C\C=C/C.C=Cc1cc(-c2ccc(-c3ccc(/C=C/C=C(\C=C/C)c4cc(-c5ccc6ccccc6n5)cc(-c5nc(C(/C=C\C)=C/C)nc(-c6ccccc6)n5)c4)cc3)cc2)c2c(c1C=C)C=CCC=C2. The zero-order chi connectivity index (χ0) is 51.7. The molecule has 0 bridgehead atoms. The van der Waals surface area contributed by atoms with Crippen molar-refractivity contribution in [1.29, 1.82) is 0 Å². The molecule has 0 spiro atoms. The van der Waals surface area contributed by atoms with Crippen molar-refractivity contribution in [2.75, 3.05) is 0 Å². The maximum absolute atomic E-state index is 5.12. The highest BCUT2D eigenvalue weighted by Gasteiger charge is 2.17. The number of pyridine rings is 1. The van der Waals surface area contributed by atoms with Gasteiger partial charge in [-0.1, -0.05) is 233 Å². The molecule has 0 N–H and O–H groups in total. The first-order valence-corrected chi connectivity index (χ1v) is 25.3. The minimum atomic E-state index is 0. The summed E-state index contributed by atoms with van der Waals surface area (Å²) in [4.78, 5) is 20.3. The second-order valence-electron chi connectivity index (χ2n) is 17.5. The second-order valence-corrected chi connectivity index (χ2v) is 17.5. The maximum atomic E-state index is 5.12. The number of allylic oxidation sites excluding steroid dienone is 15. The van der Waals surface area contributed by atoms with Crippen LogP contribution in [0.4, 0.5) is 0 Å². The Morgan fingerprint density at radius 1 is 0.507 bits per heavy atom. The zero-order valence-corrected chi connectivity index (χ0v) is 43.1. The lowest BCUT2D eigenvalue weighted by molar-refractivity contribution is 1.04.